The van der Waals surface area contributed by atoms with Crippen LogP contribution in [0.2, 0.25) is 0 Å². The summed E-state index contributed by atoms with van der Waals surface area (Å²) in [6.07, 6.45) is 0.517. The van der Waals surface area contributed by atoms with Crippen LogP contribution in [0.4, 0.5) is 0 Å². The summed E-state index contributed by atoms with van der Waals surface area (Å²) in [5.41, 5.74) is 2.30. The van der Waals surface area contributed by atoms with E-state index in [0.29, 0.717) is 12.2 Å². The molecule has 0 saturated carbocycles. The number of ketones is 1. The Bertz CT molecular complexity index is 580. The van der Waals surface area contributed by atoms with Crippen molar-refractivity contribution in [3.05, 3.63) is 64.1 Å². The molecule has 0 spiro atoms. The van der Waals surface area contributed by atoms with Crippen LogP contribution in [-0.2, 0) is 11.2 Å². The van der Waals surface area contributed by atoms with E-state index in [4.69, 9.17) is 0 Å². The Labute approximate surface area is 126 Å². The van der Waals surface area contributed by atoms with E-state index < -0.39 is 0 Å². The van der Waals surface area contributed by atoms with Crippen molar-refractivity contribution in [3.63, 3.8) is 0 Å². The topological polar surface area (TPSA) is 17.1 Å². The number of carbonyl (C=O) groups is 1. The van der Waals surface area contributed by atoms with Gasteiger partial charge in [0.05, 0.1) is 5.75 Å². The molecule has 0 fully saturated rings. The molecule has 0 heterocycles. The van der Waals surface area contributed by atoms with Crippen molar-refractivity contribution in [1.29, 1.82) is 0 Å². The second-order valence-corrected chi connectivity index (χ2v) is 6.41. The van der Waals surface area contributed by atoms with E-state index >= 15 is 0 Å². The Morgan fingerprint density at radius 1 is 1.16 bits per heavy atom. The number of benzene rings is 2. The Morgan fingerprint density at radius 3 is 2.68 bits per heavy atom. The van der Waals surface area contributed by atoms with Crippen molar-refractivity contribution < 1.29 is 4.79 Å². The van der Waals surface area contributed by atoms with Gasteiger partial charge < -0.3 is 0 Å². The van der Waals surface area contributed by atoms with E-state index in [1.54, 1.807) is 11.8 Å². The third kappa shape index (κ3) is 4.84. The highest BCUT2D eigenvalue weighted by Crippen LogP contribution is 2.22. The molecule has 0 radical (unpaired) electrons. The van der Waals surface area contributed by atoms with E-state index in [0.717, 1.165) is 14.9 Å². The molecule has 0 bridgehead atoms. The normalized spacial score (nSPS) is 10.4. The van der Waals surface area contributed by atoms with E-state index in [-0.39, 0.29) is 5.78 Å². The summed E-state index contributed by atoms with van der Waals surface area (Å²) in [4.78, 5) is 13.1. The van der Waals surface area contributed by atoms with Gasteiger partial charge in [0.2, 0.25) is 0 Å². The van der Waals surface area contributed by atoms with Crippen LogP contribution >= 0.6 is 27.7 Å². The second kappa shape index (κ2) is 6.92. The predicted molar refractivity (Wildman–Crippen MR) is 84.8 cm³/mol. The van der Waals surface area contributed by atoms with E-state index in [2.05, 4.69) is 22.0 Å². The van der Waals surface area contributed by atoms with Crippen LogP contribution in [0.1, 0.15) is 11.1 Å². The van der Waals surface area contributed by atoms with Crippen molar-refractivity contribution in [3.8, 4) is 0 Å². The van der Waals surface area contributed by atoms with E-state index in [9.17, 15) is 4.79 Å². The minimum absolute atomic E-state index is 0.260. The summed E-state index contributed by atoms with van der Waals surface area (Å²) in [5, 5.41) is 0. The van der Waals surface area contributed by atoms with Crippen molar-refractivity contribution >= 4 is 33.5 Å². The van der Waals surface area contributed by atoms with Gasteiger partial charge in [-0.05, 0) is 30.7 Å². The molecule has 0 aromatic heterocycles. The Morgan fingerprint density at radius 2 is 1.95 bits per heavy atom. The van der Waals surface area contributed by atoms with Gasteiger partial charge >= 0.3 is 0 Å². The van der Waals surface area contributed by atoms with Gasteiger partial charge in [0.15, 0.2) is 0 Å². The van der Waals surface area contributed by atoms with Gasteiger partial charge in [0.1, 0.15) is 5.78 Å². The maximum Gasteiger partial charge on any atom is 0.147 e. The monoisotopic (exact) mass is 334 g/mol. The quantitative estimate of drug-likeness (QED) is 0.739. The first-order valence-corrected chi connectivity index (χ1v) is 7.87. The molecule has 2 aromatic carbocycles. The van der Waals surface area contributed by atoms with Gasteiger partial charge in [-0.1, -0.05) is 51.8 Å². The number of halogens is 1. The van der Waals surface area contributed by atoms with Gasteiger partial charge in [-0.3, -0.25) is 4.79 Å². The zero-order valence-corrected chi connectivity index (χ0v) is 13.1. The maximum atomic E-state index is 11.9. The molecular formula is C16H15BrOS. The van der Waals surface area contributed by atoms with Gasteiger partial charge in [0, 0.05) is 15.8 Å². The molecule has 0 aliphatic heterocycles. The SMILES string of the molecule is Cc1cccc(CC(=O)CSc2cccc(Br)c2)c1. The first-order valence-electron chi connectivity index (χ1n) is 6.09. The number of hydrogen-bond donors (Lipinski definition) is 0. The Kier molecular flexibility index (Phi) is 5.23. The molecule has 98 valence electrons. The third-order valence-electron chi connectivity index (χ3n) is 2.68. The molecule has 0 unspecified atom stereocenters. The lowest BCUT2D eigenvalue weighted by Crippen LogP contribution is -2.05. The van der Waals surface area contributed by atoms with Crippen LogP contribution in [0.3, 0.4) is 0 Å². The van der Waals surface area contributed by atoms with Crippen molar-refractivity contribution in [2.75, 3.05) is 5.75 Å². The van der Waals surface area contributed by atoms with Gasteiger partial charge in [-0.2, -0.15) is 0 Å². The van der Waals surface area contributed by atoms with Crippen LogP contribution in [-0.4, -0.2) is 11.5 Å². The first kappa shape index (κ1) is 14.4. The highest BCUT2D eigenvalue weighted by Gasteiger charge is 2.05. The molecule has 0 aliphatic carbocycles. The lowest BCUT2D eigenvalue weighted by Gasteiger charge is -2.03. The number of Topliss-reactive ketones (excluding diaryl/α,β-unsaturated/α-hetero) is 1. The molecule has 2 rings (SSSR count). The summed E-state index contributed by atoms with van der Waals surface area (Å²) < 4.78 is 1.05. The molecule has 0 N–H and O–H groups in total. The van der Waals surface area contributed by atoms with Gasteiger partial charge in [-0.15, -0.1) is 11.8 Å². The van der Waals surface area contributed by atoms with Crippen LogP contribution in [0.25, 0.3) is 0 Å². The Hall–Kier alpha value is -1.06. The van der Waals surface area contributed by atoms with Gasteiger partial charge in [-0.25, -0.2) is 0 Å². The molecule has 0 aliphatic rings. The molecule has 0 saturated heterocycles. The van der Waals surface area contributed by atoms with Crippen LogP contribution < -0.4 is 0 Å². The molecule has 1 nitrogen and oxygen atoms in total. The maximum absolute atomic E-state index is 11.9. The second-order valence-electron chi connectivity index (χ2n) is 4.45. The summed E-state index contributed by atoms with van der Waals surface area (Å²) in [6.45, 7) is 2.05. The Balaban J connectivity index is 1.88. The van der Waals surface area contributed by atoms with Crippen LogP contribution in [0.5, 0.6) is 0 Å². The minimum atomic E-state index is 0.260. The molecule has 2 aromatic rings. The predicted octanol–water partition coefficient (Wildman–Crippen LogP) is 4.66. The molecule has 3 heteroatoms. The van der Waals surface area contributed by atoms with Crippen molar-refractivity contribution in [2.45, 2.75) is 18.2 Å². The summed E-state index contributed by atoms with van der Waals surface area (Å²) in [7, 11) is 0. The zero-order valence-electron chi connectivity index (χ0n) is 10.7. The highest BCUT2D eigenvalue weighted by atomic mass is 79.9. The van der Waals surface area contributed by atoms with Crippen molar-refractivity contribution in [2.24, 2.45) is 0 Å². The smallest absolute Gasteiger partial charge is 0.147 e. The van der Waals surface area contributed by atoms with Gasteiger partial charge in [0.25, 0.3) is 0 Å². The number of carbonyl (C=O) groups excluding carboxylic acids is 1. The third-order valence-corrected chi connectivity index (χ3v) is 4.23. The summed E-state index contributed by atoms with van der Waals surface area (Å²) in [6, 6.07) is 16.1. The number of aryl methyl sites for hydroxylation is 1. The van der Waals surface area contributed by atoms with Crippen LogP contribution in [0, 0.1) is 6.92 Å². The largest absolute Gasteiger partial charge is 0.298 e. The molecule has 19 heavy (non-hydrogen) atoms. The fraction of sp³-hybridized carbons (Fsp3) is 0.188. The fourth-order valence-electron chi connectivity index (χ4n) is 1.82. The standard InChI is InChI=1S/C16H15BrOS/c1-12-4-2-5-13(8-12)9-15(18)11-19-16-7-3-6-14(17)10-16/h2-8,10H,9,11H2,1H3. The molecular weight excluding hydrogens is 320 g/mol. The van der Waals surface area contributed by atoms with E-state index in [1.807, 2.05) is 49.4 Å². The molecule has 0 amide bonds. The minimum Gasteiger partial charge on any atom is -0.298 e. The zero-order chi connectivity index (χ0) is 13.7. The van der Waals surface area contributed by atoms with Crippen LogP contribution in [0.15, 0.2) is 57.9 Å². The molecule has 0 atom stereocenters. The summed E-state index contributed by atoms with van der Waals surface area (Å²) in [5.74, 6) is 0.778. The van der Waals surface area contributed by atoms with Crippen molar-refractivity contribution in [1.82, 2.24) is 0 Å². The van der Waals surface area contributed by atoms with E-state index in [1.165, 1.54) is 5.56 Å². The number of rotatable bonds is 5. The lowest BCUT2D eigenvalue weighted by molar-refractivity contribution is -0.116. The fourth-order valence-corrected chi connectivity index (χ4v) is 3.19. The average Bonchev–Trinajstić information content (AvgIpc) is 2.36. The highest BCUT2D eigenvalue weighted by molar-refractivity contribution is 9.10. The lowest BCUT2D eigenvalue weighted by atomic mass is 10.1. The number of thioether (sulfide) groups is 1. The average molecular weight is 335 g/mol. The number of hydrogen-bond acceptors (Lipinski definition) is 2. The summed E-state index contributed by atoms with van der Waals surface area (Å²) >= 11 is 5.02. The first-order chi connectivity index (χ1) is 9.13.